The lowest BCUT2D eigenvalue weighted by Gasteiger charge is -2.08. The standard InChI is InChI=1S/C25H20O7/c1-29-23(26)16-9-18-7-10-20(11-8-18)25(28)32-22-14-12-19(13-15-22)24(27)31-17-30-21-5-3-2-4-6-21/h2-16H,17H2,1H3/b16-9+. The Balaban J connectivity index is 1.51. The van der Waals surface area contributed by atoms with Crippen LogP contribution in [0.3, 0.4) is 0 Å². The van der Waals surface area contributed by atoms with Crippen LogP contribution < -0.4 is 9.47 Å². The molecule has 7 heteroatoms. The number of benzene rings is 3. The van der Waals surface area contributed by atoms with E-state index in [0.717, 1.165) is 5.56 Å². The first kappa shape index (κ1) is 22.3. The fourth-order valence-corrected chi connectivity index (χ4v) is 2.54. The molecular formula is C25H20O7. The number of ether oxygens (including phenoxy) is 4. The van der Waals surface area contributed by atoms with Crippen molar-refractivity contribution in [1.29, 1.82) is 0 Å². The van der Waals surface area contributed by atoms with Gasteiger partial charge in [0.1, 0.15) is 11.5 Å². The highest BCUT2D eigenvalue weighted by Crippen LogP contribution is 2.16. The monoisotopic (exact) mass is 432 g/mol. The summed E-state index contributed by atoms with van der Waals surface area (Å²) in [6, 6.07) is 21.5. The second-order valence-corrected chi connectivity index (χ2v) is 6.40. The van der Waals surface area contributed by atoms with Gasteiger partial charge >= 0.3 is 17.9 Å². The van der Waals surface area contributed by atoms with E-state index in [1.54, 1.807) is 42.5 Å². The van der Waals surface area contributed by atoms with Gasteiger partial charge in [0.15, 0.2) is 0 Å². The predicted molar refractivity (Wildman–Crippen MR) is 116 cm³/mol. The summed E-state index contributed by atoms with van der Waals surface area (Å²) in [5.41, 5.74) is 1.36. The van der Waals surface area contributed by atoms with E-state index in [-0.39, 0.29) is 12.5 Å². The fraction of sp³-hybridized carbons (Fsp3) is 0.0800. The second kappa shape index (κ2) is 11.1. The molecule has 3 aromatic rings. The molecule has 0 aromatic heterocycles. The Hall–Kier alpha value is -4.39. The molecule has 0 saturated heterocycles. The quantitative estimate of drug-likeness (QED) is 0.227. The Bertz CT molecular complexity index is 1090. The Morgan fingerprint density at radius 2 is 1.38 bits per heavy atom. The number of para-hydroxylation sites is 1. The first-order chi connectivity index (χ1) is 15.5. The lowest BCUT2D eigenvalue weighted by molar-refractivity contribution is -0.134. The summed E-state index contributed by atoms with van der Waals surface area (Å²) in [4.78, 5) is 35.5. The zero-order chi connectivity index (χ0) is 22.8. The molecule has 162 valence electrons. The third kappa shape index (κ3) is 6.56. The molecule has 0 aliphatic carbocycles. The van der Waals surface area contributed by atoms with E-state index in [9.17, 15) is 14.4 Å². The maximum Gasteiger partial charge on any atom is 0.343 e. The zero-order valence-corrected chi connectivity index (χ0v) is 17.2. The third-order valence-electron chi connectivity index (χ3n) is 4.22. The van der Waals surface area contributed by atoms with Gasteiger partial charge in [0.25, 0.3) is 0 Å². The van der Waals surface area contributed by atoms with E-state index in [2.05, 4.69) is 4.74 Å². The lowest BCUT2D eigenvalue weighted by atomic mass is 10.1. The normalized spacial score (nSPS) is 10.4. The predicted octanol–water partition coefficient (Wildman–Crippen LogP) is 4.29. The van der Waals surface area contributed by atoms with E-state index in [1.807, 2.05) is 18.2 Å². The van der Waals surface area contributed by atoms with Gasteiger partial charge < -0.3 is 18.9 Å². The van der Waals surface area contributed by atoms with Crippen LogP contribution in [-0.2, 0) is 14.3 Å². The topological polar surface area (TPSA) is 88.1 Å². The van der Waals surface area contributed by atoms with Gasteiger partial charge in [-0.1, -0.05) is 30.3 Å². The van der Waals surface area contributed by atoms with Crippen LogP contribution in [-0.4, -0.2) is 31.8 Å². The largest absolute Gasteiger partial charge is 0.466 e. The molecule has 0 fully saturated rings. The molecule has 3 aromatic carbocycles. The molecule has 0 bridgehead atoms. The smallest absolute Gasteiger partial charge is 0.343 e. The highest BCUT2D eigenvalue weighted by molar-refractivity contribution is 5.92. The summed E-state index contributed by atoms with van der Waals surface area (Å²) >= 11 is 0. The average Bonchev–Trinajstić information content (AvgIpc) is 2.83. The van der Waals surface area contributed by atoms with Gasteiger partial charge in [-0.3, -0.25) is 0 Å². The van der Waals surface area contributed by atoms with Crippen LogP contribution in [0.15, 0.2) is 84.9 Å². The number of esters is 3. The van der Waals surface area contributed by atoms with Crippen LogP contribution in [0.4, 0.5) is 0 Å². The van der Waals surface area contributed by atoms with Crippen LogP contribution in [0.5, 0.6) is 11.5 Å². The summed E-state index contributed by atoms with van der Waals surface area (Å²) in [5, 5.41) is 0. The molecule has 0 amide bonds. The molecular weight excluding hydrogens is 412 g/mol. The summed E-state index contributed by atoms with van der Waals surface area (Å²) in [6.45, 7) is -0.218. The zero-order valence-electron chi connectivity index (χ0n) is 17.2. The first-order valence-corrected chi connectivity index (χ1v) is 9.58. The number of rotatable bonds is 8. The molecule has 0 atom stereocenters. The van der Waals surface area contributed by atoms with Gasteiger partial charge in [-0.25, -0.2) is 14.4 Å². The Morgan fingerprint density at radius 1 is 0.750 bits per heavy atom. The second-order valence-electron chi connectivity index (χ2n) is 6.40. The Kier molecular flexibility index (Phi) is 7.75. The Labute approximate surface area is 184 Å². The highest BCUT2D eigenvalue weighted by Gasteiger charge is 2.11. The van der Waals surface area contributed by atoms with Crippen molar-refractivity contribution in [3.63, 3.8) is 0 Å². The summed E-state index contributed by atoms with van der Waals surface area (Å²) in [6.07, 6.45) is 2.86. The van der Waals surface area contributed by atoms with Crippen LogP contribution in [0, 0.1) is 0 Å². The number of carbonyl (C=O) groups excluding carboxylic acids is 3. The van der Waals surface area contributed by atoms with Gasteiger partial charge in [0, 0.05) is 6.08 Å². The van der Waals surface area contributed by atoms with Crippen LogP contribution in [0.2, 0.25) is 0 Å². The number of hydrogen-bond donors (Lipinski definition) is 0. The summed E-state index contributed by atoms with van der Waals surface area (Å²) < 4.78 is 20.2. The van der Waals surface area contributed by atoms with E-state index in [1.165, 1.54) is 37.5 Å². The van der Waals surface area contributed by atoms with Gasteiger partial charge in [0.2, 0.25) is 6.79 Å². The molecule has 0 N–H and O–H groups in total. The van der Waals surface area contributed by atoms with Crippen LogP contribution in [0.25, 0.3) is 6.08 Å². The van der Waals surface area contributed by atoms with E-state index in [4.69, 9.17) is 14.2 Å². The minimum Gasteiger partial charge on any atom is -0.466 e. The van der Waals surface area contributed by atoms with Crippen molar-refractivity contribution >= 4 is 24.0 Å². The molecule has 32 heavy (non-hydrogen) atoms. The van der Waals surface area contributed by atoms with Gasteiger partial charge in [-0.2, -0.15) is 0 Å². The summed E-state index contributed by atoms with van der Waals surface area (Å²) in [5.74, 6) is -0.712. The van der Waals surface area contributed by atoms with Crippen molar-refractivity contribution in [3.8, 4) is 11.5 Å². The molecule has 0 saturated carbocycles. The van der Waals surface area contributed by atoms with Gasteiger partial charge in [-0.05, 0) is 60.2 Å². The molecule has 0 heterocycles. The van der Waals surface area contributed by atoms with Crippen molar-refractivity contribution in [1.82, 2.24) is 0 Å². The molecule has 0 aliphatic heterocycles. The maximum absolute atomic E-state index is 12.3. The Morgan fingerprint density at radius 3 is 2.03 bits per heavy atom. The highest BCUT2D eigenvalue weighted by atomic mass is 16.7. The SMILES string of the molecule is COC(=O)/C=C/c1ccc(C(=O)Oc2ccc(C(=O)OCOc3ccccc3)cc2)cc1. The minimum absolute atomic E-state index is 0.218. The molecule has 0 radical (unpaired) electrons. The van der Waals surface area contributed by atoms with Gasteiger partial charge in [-0.15, -0.1) is 0 Å². The summed E-state index contributed by atoms with van der Waals surface area (Å²) in [7, 11) is 1.29. The molecule has 0 unspecified atom stereocenters. The molecule has 3 rings (SSSR count). The number of carbonyl (C=O) groups is 3. The fourth-order valence-electron chi connectivity index (χ4n) is 2.54. The van der Waals surface area contributed by atoms with Crippen molar-refractivity contribution < 1.29 is 33.3 Å². The molecule has 7 nitrogen and oxygen atoms in total. The first-order valence-electron chi connectivity index (χ1n) is 9.58. The number of hydrogen-bond acceptors (Lipinski definition) is 7. The van der Waals surface area contributed by atoms with E-state index in [0.29, 0.717) is 16.9 Å². The van der Waals surface area contributed by atoms with E-state index < -0.39 is 17.9 Å². The van der Waals surface area contributed by atoms with E-state index >= 15 is 0 Å². The lowest BCUT2D eigenvalue weighted by Crippen LogP contribution is -2.11. The van der Waals surface area contributed by atoms with Crippen molar-refractivity contribution in [3.05, 3.63) is 102 Å². The number of methoxy groups -OCH3 is 1. The van der Waals surface area contributed by atoms with Gasteiger partial charge in [0.05, 0.1) is 18.2 Å². The van der Waals surface area contributed by atoms with Crippen LogP contribution in [0.1, 0.15) is 26.3 Å². The molecule has 0 aliphatic rings. The van der Waals surface area contributed by atoms with Crippen molar-refractivity contribution in [2.45, 2.75) is 0 Å². The molecule has 0 spiro atoms. The van der Waals surface area contributed by atoms with Crippen molar-refractivity contribution in [2.75, 3.05) is 13.9 Å². The third-order valence-corrected chi connectivity index (χ3v) is 4.22. The average molecular weight is 432 g/mol. The van der Waals surface area contributed by atoms with Crippen LogP contribution >= 0.6 is 0 Å². The minimum atomic E-state index is -0.561. The van der Waals surface area contributed by atoms with Crippen molar-refractivity contribution in [2.24, 2.45) is 0 Å². The maximum atomic E-state index is 12.3.